The fourth-order valence-electron chi connectivity index (χ4n) is 6.14. The van der Waals surface area contributed by atoms with Gasteiger partial charge < -0.3 is 31.9 Å². The second-order valence-corrected chi connectivity index (χ2v) is 9.94. The van der Waals surface area contributed by atoms with Gasteiger partial charge in [-0.3, -0.25) is 4.79 Å². The van der Waals surface area contributed by atoms with Crippen LogP contribution < -0.4 is 27.3 Å². The Bertz CT molecular complexity index is 1370. The van der Waals surface area contributed by atoms with Gasteiger partial charge in [-0.1, -0.05) is 60.7 Å². The van der Waals surface area contributed by atoms with Gasteiger partial charge in [0.25, 0.3) is 5.82 Å². The molecule has 2 N–H and O–H groups in total. The molecule has 1 fully saturated rings. The Balaban J connectivity index is 0.00000353. The van der Waals surface area contributed by atoms with Gasteiger partial charge in [-0.15, -0.1) is 0 Å². The molecule has 5 rings (SSSR count). The van der Waals surface area contributed by atoms with Gasteiger partial charge in [-0.2, -0.15) is 0 Å². The average molecular weight is 593 g/mol. The van der Waals surface area contributed by atoms with E-state index in [0.717, 1.165) is 36.2 Å². The Morgan fingerprint density at radius 3 is 2.26 bits per heavy atom. The molecule has 1 aliphatic carbocycles. The number of imidazole rings is 1. The van der Waals surface area contributed by atoms with Gasteiger partial charge >= 0.3 is 5.97 Å². The molecule has 0 spiro atoms. The smallest absolute Gasteiger partial charge is 0.374 e. The first-order chi connectivity index (χ1) is 18.4. The molecule has 204 valence electrons. The van der Waals surface area contributed by atoms with Crippen molar-refractivity contribution in [1.29, 1.82) is 0 Å². The maximum atomic E-state index is 13.4. The minimum atomic E-state index is -0.897. The molecule has 7 nitrogen and oxygen atoms in total. The van der Waals surface area contributed by atoms with Gasteiger partial charge in [0.2, 0.25) is 11.7 Å². The Kier molecular flexibility index (Phi) is 8.75. The number of amides is 1. The van der Waals surface area contributed by atoms with E-state index in [4.69, 9.17) is 14.9 Å². The number of hydrogen-bond acceptors (Lipinski definition) is 4. The van der Waals surface area contributed by atoms with Crippen LogP contribution in [0.3, 0.4) is 0 Å². The van der Waals surface area contributed by atoms with Crippen LogP contribution in [-0.2, 0) is 21.5 Å². The number of benzene rings is 2. The van der Waals surface area contributed by atoms with Crippen molar-refractivity contribution in [2.75, 3.05) is 6.61 Å². The standard InChI is InChI=1S/C31H33N3O4.BrH/c1-3-37-29(35)28-17-16-27(38-28)21-33-18-19-34(22(33)2)26-15-14-25(20-26)31(30(32)36,23-10-6-4-7-11-23)24-12-8-5-9-13-24;/h4-13,16-19,25-26H,3,14-15,20-21H2,1-2H3,(H-,32,36);1H/t25-,26+;/m1./s1. The molecule has 0 radical (unpaired) electrons. The molecule has 1 aliphatic rings. The van der Waals surface area contributed by atoms with Gasteiger partial charge in [0.1, 0.15) is 36.2 Å². The minimum absolute atomic E-state index is 0. The van der Waals surface area contributed by atoms with Crippen LogP contribution in [0.2, 0.25) is 0 Å². The Labute approximate surface area is 239 Å². The number of furan rings is 1. The van der Waals surface area contributed by atoms with Gasteiger partial charge in [-0.05, 0) is 55.4 Å². The van der Waals surface area contributed by atoms with Crippen LogP contribution in [0.25, 0.3) is 0 Å². The molecule has 2 aromatic heterocycles. The maximum absolute atomic E-state index is 13.4. The largest absolute Gasteiger partial charge is 1.00 e. The van der Waals surface area contributed by atoms with E-state index in [-0.39, 0.29) is 40.6 Å². The summed E-state index contributed by atoms with van der Waals surface area (Å²) in [4.78, 5) is 25.3. The summed E-state index contributed by atoms with van der Waals surface area (Å²) >= 11 is 0. The lowest BCUT2D eigenvalue weighted by atomic mass is 9.64. The first-order valence-corrected chi connectivity index (χ1v) is 13.2. The third-order valence-corrected chi connectivity index (χ3v) is 7.92. The molecular formula is C31H34BrN3O4. The van der Waals surface area contributed by atoms with Crippen molar-refractivity contribution in [2.45, 2.75) is 51.1 Å². The van der Waals surface area contributed by atoms with Gasteiger partial charge in [0, 0.05) is 6.92 Å². The highest BCUT2D eigenvalue weighted by Crippen LogP contribution is 2.49. The van der Waals surface area contributed by atoms with Crippen molar-refractivity contribution >= 4 is 11.9 Å². The normalized spacial score (nSPS) is 17.0. The minimum Gasteiger partial charge on any atom is -1.00 e. The van der Waals surface area contributed by atoms with E-state index in [1.54, 1.807) is 13.0 Å². The summed E-state index contributed by atoms with van der Waals surface area (Å²) in [7, 11) is 0. The number of primary amides is 1. The lowest BCUT2D eigenvalue weighted by Gasteiger charge is -2.37. The Morgan fingerprint density at radius 2 is 1.67 bits per heavy atom. The quantitative estimate of drug-likeness (QED) is 0.237. The van der Waals surface area contributed by atoms with E-state index in [1.165, 1.54) is 0 Å². The number of esters is 1. The summed E-state index contributed by atoms with van der Waals surface area (Å²) in [5.41, 5.74) is 7.26. The fraction of sp³-hybridized carbons (Fsp3) is 0.323. The molecule has 0 unspecified atom stereocenters. The summed E-state index contributed by atoms with van der Waals surface area (Å²) in [6.07, 6.45) is 6.79. The van der Waals surface area contributed by atoms with E-state index in [1.807, 2.05) is 72.9 Å². The van der Waals surface area contributed by atoms with Crippen molar-refractivity contribution < 1.29 is 40.3 Å². The number of aromatic nitrogens is 2. The molecule has 4 aromatic rings. The fourth-order valence-corrected chi connectivity index (χ4v) is 6.14. The molecule has 8 heteroatoms. The molecule has 2 aromatic carbocycles. The number of carbonyl (C=O) groups excluding carboxylic acids is 2. The van der Waals surface area contributed by atoms with Crippen molar-refractivity contribution in [3.8, 4) is 0 Å². The zero-order chi connectivity index (χ0) is 26.7. The highest BCUT2D eigenvalue weighted by Gasteiger charge is 2.51. The highest BCUT2D eigenvalue weighted by atomic mass is 79.9. The first-order valence-electron chi connectivity index (χ1n) is 13.2. The summed E-state index contributed by atoms with van der Waals surface area (Å²) in [5, 5.41) is 0. The van der Waals surface area contributed by atoms with E-state index >= 15 is 0 Å². The monoisotopic (exact) mass is 591 g/mol. The highest BCUT2D eigenvalue weighted by molar-refractivity contribution is 5.91. The van der Waals surface area contributed by atoms with Crippen molar-refractivity contribution in [1.82, 2.24) is 4.57 Å². The molecule has 2 heterocycles. The molecule has 2 atom stereocenters. The van der Waals surface area contributed by atoms with Gasteiger partial charge in [-0.25, -0.2) is 13.9 Å². The number of nitrogens with zero attached hydrogens (tertiary/aromatic N) is 2. The summed E-state index contributed by atoms with van der Waals surface area (Å²) in [6.45, 7) is 4.66. The van der Waals surface area contributed by atoms with Crippen LogP contribution in [0.1, 0.15) is 65.5 Å². The Morgan fingerprint density at radius 1 is 1.03 bits per heavy atom. The van der Waals surface area contributed by atoms with Gasteiger partial charge in [0.15, 0.2) is 0 Å². The van der Waals surface area contributed by atoms with Crippen molar-refractivity contribution in [2.24, 2.45) is 11.7 Å². The van der Waals surface area contributed by atoms with E-state index < -0.39 is 11.4 Å². The van der Waals surface area contributed by atoms with Crippen molar-refractivity contribution in [3.05, 3.63) is 114 Å². The van der Waals surface area contributed by atoms with Crippen LogP contribution in [0.5, 0.6) is 0 Å². The predicted octanol–water partition coefficient (Wildman–Crippen LogP) is 1.72. The van der Waals surface area contributed by atoms with Crippen molar-refractivity contribution in [3.63, 3.8) is 0 Å². The summed E-state index contributed by atoms with van der Waals surface area (Å²) < 4.78 is 15.1. The van der Waals surface area contributed by atoms with E-state index in [2.05, 4.69) is 22.3 Å². The van der Waals surface area contributed by atoms with Gasteiger partial charge in [0.05, 0.1) is 6.61 Å². The average Bonchev–Trinajstić information content (AvgIpc) is 3.68. The van der Waals surface area contributed by atoms with Crippen LogP contribution in [0.4, 0.5) is 0 Å². The molecule has 0 aliphatic heterocycles. The lowest BCUT2D eigenvalue weighted by Crippen LogP contribution is -3.00. The number of hydrogen-bond donors (Lipinski definition) is 1. The topological polar surface area (TPSA) is 91.3 Å². The third kappa shape index (κ3) is 5.30. The number of nitrogens with two attached hydrogens (primary N) is 1. The van der Waals surface area contributed by atoms with E-state index in [9.17, 15) is 9.59 Å². The van der Waals surface area contributed by atoms with Crippen LogP contribution in [0, 0.1) is 12.8 Å². The molecule has 0 bridgehead atoms. The number of carbonyl (C=O) groups is 2. The second-order valence-electron chi connectivity index (χ2n) is 9.94. The summed E-state index contributed by atoms with van der Waals surface area (Å²) in [5.74, 6) is 1.27. The lowest BCUT2D eigenvalue weighted by molar-refractivity contribution is -0.695. The molecule has 1 amide bonds. The number of rotatable bonds is 9. The van der Waals surface area contributed by atoms with E-state index in [0.29, 0.717) is 18.9 Å². The summed E-state index contributed by atoms with van der Waals surface area (Å²) in [6, 6.07) is 23.6. The SMILES string of the molecule is CCOC(=O)c1ccc(C[n+]2ccn([C@H]3CC[C@@H](C(C(N)=O)(c4ccccc4)c4ccccc4)C3)c2C)o1.[Br-]. The molecule has 0 saturated heterocycles. The number of ether oxygens (including phenoxy) is 1. The second kappa shape index (κ2) is 12.0. The van der Waals surface area contributed by atoms with Crippen LogP contribution in [0.15, 0.2) is 89.6 Å². The van der Waals surface area contributed by atoms with Crippen LogP contribution in [-0.4, -0.2) is 23.1 Å². The third-order valence-electron chi connectivity index (χ3n) is 7.92. The molecular weight excluding hydrogens is 558 g/mol. The maximum Gasteiger partial charge on any atom is 0.374 e. The Hall–Kier alpha value is -3.65. The molecule has 1 saturated carbocycles. The van der Waals surface area contributed by atoms with Crippen LogP contribution >= 0.6 is 0 Å². The molecule has 39 heavy (non-hydrogen) atoms. The zero-order valence-corrected chi connectivity index (χ0v) is 23.8. The first kappa shape index (κ1) is 28.4. The predicted molar refractivity (Wildman–Crippen MR) is 142 cm³/mol. The number of halogens is 1. The zero-order valence-electron chi connectivity index (χ0n) is 22.3.